The normalized spacial score (nSPS) is 11.9. The molecule has 0 bridgehead atoms. The highest BCUT2D eigenvalue weighted by molar-refractivity contribution is 6.12. The molecule has 0 saturated carbocycles. The van der Waals surface area contributed by atoms with Crippen molar-refractivity contribution >= 4 is 16.7 Å². The predicted molar refractivity (Wildman–Crippen MR) is 101 cm³/mol. The molecule has 120 valence electrons. The second-order valence-corrected chi connectivity index (χ2v) is 6.02. The first-order valence-electron chi connectivity index (χ1n) is 8.33. The summed E-state index contributed by atoms with van der Waals surface area (Å²) in [4.78, 5) is 16.3. The van der Waals surface area contributed by atoms with Gasteiger partial charge in [-0.05, 0) is 29.7 Å². The molecule has 0 atom stereocenters. The van der Waals surface area contributed by atoms with E-state index in [2.05, 4.69) is 17.1 Å². The van der Waals surface area contributed by atoms with Crippen LogP contribution in [0.2, 0.25) is 0 Å². The molecule has 0 fully saturated rings. The van der Waals surface area contributed by atoms with Crippen LogP contribution in [-0.4, -0.2) is 10.8 Å². The highest BCUT2D eigenvalue weighted by atomic mass is 16.1. The predicted octanol–water partition coefficient (Wildman–Crippen LogP) is 5.06. The average molecular weight is 323 g/mol. The van der Waals surface area contributed by atoms with Crippen molar-refractivity contribution in [3.05, 3.63) is 113 Å². The number of hydrogen-bond acceptors (Lipinski definition) is 2. The Morgan fingerprint density at radius 2 is 1.20 bits per heavy atom. The van der Waals surface area contributed by atoms with Gasteiger partial charge < -0.3 is 0 Å². The molecule has 0 amide bonds. The van der Waals surface area contributed by atoms with Gasteiger partial charge in [0.2, 0.25) is 0 Å². The van der Waals surface area contributed by atoms with Crippen molar-refractivity contribution in [2.24, 2.45) is 0 Å². The topological polar surface area (TPSA) is 30.0 Å². The highest BCUT2D eigenvalue weighted by Crippen LogP contribution is 2.26. The monoisotopic (exact) mass is 323 g/mol. The van der Waals surface area contributed by atoms with Crippen LogP contribution in [0.3, 0.4) is 0 Å². The third-order valence-corrected chi connectivity index (χ3v) is 4.42. The maximum Gasteiger partial charge on any atom is 0.193 e. The SMILES string of the molecule is O=C1c2ccccc2Cc2ccccc21.c1ccc2ncccc2c1. The van der Waals surface area contributed by atoms with Gasteiger partial charge in [-0.2, -0.15) is 0 Å². The fraction of sp³-hybridized carbons (Fsp3) is 0.0435. The smallest absolute Gasteiger partial charge is 0.193 e. The number of pyridine rings is 1. The van der Waals surface area contributed by atoms with Crippen LogP contribution in [0.1, 0.15) is 27.0 Å². The van der Waals surface area contributed by atoms with E-state index in [1.165, 1.54) is 5.39 Å². The first kappa shape index (κ1) is 15.3. The van der Waals surface area contributed by atoms with Crippen molar-refractivity contribution in [3.63, 3.8) is 0 Å². The molecule has 5 rings (SSSR count). The lowest BCUT2D eigenvalue weighted by Crippen LogP contribution is -2.14. The molecule has 2 heteroatoms. The van der Waals surface area contributed by atoms with Crippen LogP contribution in [-0.2, 0) is 6.42 Å². The molecule has 1 aliphatic rings. The zero-order valence-electron chi connectivity index (χ0n) is 13.7. The summed E-state index contributed by atoms with van der Waals surface area (Å²) in [5.41, 5.74) is 5.06. The number of benzene rings is 3. The highest BCUT2D eigenvalue weighted by Gasteiger charge is 2.21. The van der Waals surface area contributed by atoms with Gasteiger partial charge in [0.25, 0.3) is 0 Å². The number of ketones is 1. The Kier molecular flexibility index (Phi) is 4.09. The van der Waals surface area contributed by atoms with Crippen LogP contribution in [0.25, 0.3) is 10.9 Å². The van der Waals surface area contributed by atoms with Gasteiger partial charge in [0.15, 0.2) is 5.78 Å². The van der Waals surface area contributed by atoms with Gasteiger partial charge in [-0.15, -0.1) is 0 Å². The first-order valence-corrected chi connectivity index (χ1v) is 8.33. The van der Waals surface area contributed by atoms with Crippen molar-refractivity contribution < 1.29 is 4.79 Å². The number of para-hydroxylation sites is 1. The second kappa shape index (κ2) is 6.70. The van der Waals surface area contributed by atoms with E-state index in [9.17, 15) is 4.79 Å². The Bertz CT molecular complexity index is 939. The molecule has 0 aliphatic heterocycles. The van der Waals surface area contributed by atoms with E-state index in [4.69, 9.17) is 0 Å². The van der Waals surface area contributed by atoms with E-state index in [1.54, 1.807) is 0 Å². The molecule has 0 radical (unpaired) electrons. The molecular formula is C23H17NO. The summed E-state index contributed by atoms with van der Waals surface area (Å²) in [5.74, 6) is 0.160. The Morgan fingerprint density at radius 3 is 1.88 bits per heavy atom. The number of rotatable bonds is 0. The minimum Gasteiger partial charge on any atom is -0.289 e. The van der Waals surface area contributed by atoms with E-state index < -0.39 is 0 Å². The van der Waals surface area contributed by atoms with Gasteiger partial charge in [0.1, 0.15) is 0 Å². The summed E-state index contributed by atoms with van der Waals surface area (Å²) in [6.45, 7) is 0. The summed E-state index contributed by atoms with van der Waals surface area (Å²) >= 11 is 0. The standard InChI is InChI=1S/C14H10O.C9H7N/c15-14-12-7-3-1-5-10(12)9-11-6-2-4-8-13(11)14;1-2-6-9-8(4-1)5-3-7-10-9/h1-8H,9H2;1-7H. The van der Waals surface area contributed by atoms with Crippen molar-refractivity contribution in [1.82, 2.24) is 4.98 Å². The molecule has 2 nitrogen and oxygen atoms in total. The fourth-order valence-electron chi connectivity index (χ4n) is 3.16. The molecule has 0 N–H and O–H groups in total. The molecule has 0 spiro atoms. The molecule has 1 aliphatic carbocycles. The molecule has 1 heterocycles. The maximum atomic E-state index is 12.1. The minimum atomic E-state index is 0.160. The van der Waals surface area contributed by atoms with Gasteiger partial charge in [-0.1, -0.05) is 72.8 Å². The third kappa shape index (κ3) is 3.07. The van der Waals surface area contributed by atoms with E-state index in [1.807, 2.05) is 79.0 Å². The summed E-state index contributed by atoms with van der Waals surface area (Å²) in [6.07, 6.45) is 2.68. The average Bonchev–Trinajstić information content (AvgIpc) is 2.69. The van der Waals surface area contributed by atoms with Gasteiger partial charge in [0, 0.05) is 22.7 Å². The summed E-state index contributed by atoms with van der Waals surface area (Å²) < 4.78 is 0. The van der Waals surface area contributed by atoms with Crippen LogP contribution in [0.4, 0.5) is 0 Å². The molecule has 0 unspecified atom stereocenters. The molecule has 25 heavy (non-hydrogen) atoms. The molecule has 3 aromatic carbocycles. The summed E-state index contributed by atoms with van der Waals surface area (Å²) in [5, 5.41) is 1.20. The summed E-state index contributed by atoms with van der Waals surface area (Å²) in [6, 6.07) is 27.8. The molecule has 1 aromatic heterocycles. The fourth-order valence-corrected chi connectivity index (χ4v) is 3.16. The lowest BCUT2D eigenvalue weighted by atomic mass is 9.85. The number of hydrogen-bond donors (Lipinski definition) is 0. The van der Waals surface area contributed by atoms with Crippen LogP contribution >= 0.6 is 0 Å². The van der Waals surface area contributed by atoms with E-state index in [0.717, 1.165) is 34.2 Å². The Hall–Kier alpha value is -3.26. The zero-order valence-corrected chi connectivity index (χ0v) is 13.7. The zero-order chi connectivity index (χ0) is 17.1. The van der Waals surface area contributed by atoms with Gasteiger partial charge in [-0.3, -0.25) is 9.78 Å². The van der Waals surface area contributed by atoms with Gasteiger partial charge in [0.05, 0.1) is 5.52 Å². The maximum absolute atomic E-state index is 12.1. The Balaban J connectivity index is 0.000000136. The quantitative estimate of drug-likeness (QED) is 0.399. The van der Waals surface area contributed by atoms with Gasteiger partial charge >= 0.3 is 0 Å². The number of aromatic nitrogens is 1. The molecule has 0 saturated heterocycles. The second-order valence-electron chi connectivity index (χ2n) is 6.02. The van der Waals surface area contributed by atoms with E-state index in [0.29, 0.717) is 0 Å². The minimum absolute atomic E-state index is 0.160. The number of nitrogens with zero attached hydrogens (tertiary/aromatic N) is 1. The van der Waals surface area contributed by atoms with Crippen molar-refractivity contribution in [1.29, 1.82) is 0 Å². The van der Waals surface area contributed by atoms with Gasteiger partial charge in [-0.25, -0.2) is 0 Å². The summed E-state index contributed by atoms with van der Waals surface area (Å²) in [7, 11) is 0. The van der Waals surface area contributed by atoms with Crippen LogP contribution in [0.5, 0.6) is 0 Å². The Morgan fingerprint density at radius 1 is 0.640 bits per heavy atom. The van der Waals surface area contributed by atoms with Crippen molar-refractivity contribution in [2.75, 3.05) is 0 Å². The lowest BCUT2D eigenvalue weighted by Gasteiger charge is -2.17. The molecular weight excluding hydrogens is 306 g/mol. The largest absolute Gasteiger partial charge is 0.289 e. The van der Waals surface area contributed by atoms with Crippen LogP contribution in [0.15, 0.2) is 91.1 Å². The van der Waals surface area contributed by atoms with E-state index >= 15 is 0 Å². The molecule has 4 aromatic rings. The van der Waals surface area contributed by atoms with Crippen LogP contribution in [0, 0.1) is 0 Å². The number of carbonyl (C=O) groups is 1. The lowest BCUT2D eigenvalue weighted by molar-refractivity contribution is 0.103. The van der Waals surface area contributed by atoms with Crippen molar-refractivity contribution in [3.8, 4) is 0 Å². The van der Waals surface area contributed by atoms with E-state index in [-0.39, 0.29) is 5.78 Å². The van der Waals surface area contributed by atoms with Crippen LogP contribution < -0.4 is 0 Å². The third-order valence-electron chi connectivity index (χ3n) is 4.42. The first-order chi connectivity index (χ1) is 12.3. The number of fused-ring (bicyclic) bond motifs is 3. The Labute approximate surface area is 146 Å². The number of carbonyl (C=O) groups excluding carboxylic acids is 1. The van der Waals surface area contributed by atoms with Crippen molar-refractivity contribution in [2.45, 2.75) is 6.42 Å².